The van der Waals surface area contributed by atoms with Crippen molar-refractivity contribution in [1.82, 2.24) is 10.6 Å². The molecular formula is C21H27ClN2O4. The van der Waals surface area contributed by atoms with Gasteiger partial charge in [-0.2, -0.15) is 0 Å². The summed E-state index contributed by atoms with van der Waals surface area (Å²) in [5, 5.41) is 5.97. The van der Waals surface area contributed by atoms with Crippen LogP contribution in [0.15, 0.2) is 45.6 Å². The molecule has 28 heavy (non-hydrogen) atoms. The summed E-state index contributed by atoms with van der Waals surface area (Å²) < 4.78 is 10.9. The number of carbonyl (C=O) groups excluding carboxylic acids is 1. The highest BCUT2D eigenvalue weighted by atomic mass is 35.5. The maximum atomic E-state index is 12.4. The molecule has 0 bridgehead atoms. The molecule has 0 radical (unpaired) electrons. The lowest BCUT2D eigenvalue weighted by atomic mass is 10.1. The zero-order valence-electron chi connectivity index (χ0n) is 16.0. The van der Waals surface area contributed by atoms with E-state index in [2.05, 4.69) is 22.8 Å². The van der Waals surface area contributed by atoms with Gasteiger partial charge in [0.05, 0.1) is 12.7 Å². The van der Waals surface area contributed by atoms with Crippen LogP contribution in [0.25, 0.3) is 0 Å². The molecule has 1 aromatic carbocycles. The molecule has 0 spiro atoms. The van der Waals surface area contributed by atoms with E-state index in [9.17, 15) is 9.59 Å². The zero-order valence-corrected chi connectivity index (χ0v) is 16.8. The Labute approximate surface area is 171 Å². The molecule has 1 saturated heterocycles. The van der Waals surface area contributed by atoms with E-state index < -0.39 is 11.5 Å². The SMILES string of the molecule is Cc1cc(CCCc2ccccc2)oc(=O)c1C(=O)NCC1CNCCO1.Cl. The minimum atomic E-state index is -0.579. The van der Waals surface area contributed by atoms with Crippen molar-refractivity contribution in [1.29, 1.82) is 0 Å². The van der Waals surface area contributed by atoms with E-state index in [1.807, 2.05) is 18.2 Å². The Morgan fingerprint density at radius 3 is 2.71 bits per heavy atom. The van der Waals surface area contributed by atoms with Gasteiger partial charge < -0.3 is 19.8 Å². The van der Waals surface area contributed by atoms with Crippen LogP contribution < -0.4 is 16.3 Å². The second kappa shape index (κ2) is 11.0. The van der Waals surface area contributed by atoms with Crippen LogP contribution >= 0.6 is 12.4 Å². The van der Waals surface area contributed by atoms with E-state index in [1.54, 1.807) is 13.0 Å². The van der Waals surface area contributed by atoms with Crippen molar-refractivity contribution < 1.29 is 13.9 Å². The number of nitrogens with one attached hydrogen (secondary N) is 2. The fourth-order valence-corrected chi connectivity index (χ4v) is 3.23. The standard InChI is InChI=1S/C21H26N2O4.ClH/c1-15-12-17(9-5-8-16-6-3-2-4-7-16)27-21(25)19(15)20(24)23-14-18-13-22-10-11-26-18;/h2-4,6-7,12,18,22H,5,8-11,13-14H2,1H3,(H,23,24);1H. The van der Waals surface area contributed by atoms with Crippen LogP contribution in [-0.2, 0) is 17.6 Å². The molecule has 152 valence electrons. The summed E-state index contributed by atoms with van der Waals surface area (Å²) >= 11 is 0. The van der Waals surface area contributed by atoms with E-state index in [0.29, 0.717) is 37.4 Å². The Kier molecular flexibility index (Phi) is 8.70. The summed E-state index contributed by atoms with van der Waals surface area (Å²) in [5.74, 6) is 0.205. The smallest absolute Gasteiger partial charge is 0.349 e. The second-order valence-electron chi connectivity index (χ2n) is 6.80. The van der Waals surface area contributed by atoms with Crippen molar-refractivity contribution in [2.45, 2.75) is 32.3 Å². The van der Waals surface area contributed by atoms with Crippen molar-refractivity contribution >= 4 is 18.3 Å². The Hall–Kier alpha value is -2.15. The number of hydrogen-bond donors (Lipinski definition) is 2. The molecular weight excluding hydrogens is 380 g/mol. The molecule has 2 aromatic rings. The molecule has 1 aliphatic rings. The van der Waals surface area contributed by atoms with Gasteiger partial charge in [0.2, 0.25) is 0 Å². The molecule has 1 atom stereocenters. The Morgan fingerprint density at radius 1 is 1.25 bits per heavy atom. The Bertz CT molecular complexity index is 817. The van der Waals surface area contributed by atoms with Crippen LogP contribution in [0.3, 0.4) is 0 Å². The third-order valence-corrected chi connectivity index (χ3v) is 4.65. The largest absolute Gasteiger partial charge is 0.427 e. The summed E-state index contributed by atoms with van der Waals surface area (Å²) in [6, 6.07) is 12.0. The van der Waals surface area contributed by atoms with Gasteiger partial charge in [-0.15, -0.1) is 12.4 Å². The molecule has 3 rings (SSSR count). The summed E-state index contributed by atoms with van der Waals surface area (Å²) in [6.45, 7) is 4.27. The number of hydrogen-bond acceptors (Lipinski definition) is 5. The number of benzene rings is 1. The van der Waals surface area contributed by atoms with Crippen molar-refractivity contribution in [3.63, 3.8) is 0 Å². The molecule has 1 aromatic heterocycles. The zero-order chi connectivity index (χ0) is 19.1. The quantitative estimate of drug-likeness (QED) is 0.737. The fraction of sp³-hybridized carbons (Fsp3) is 0.429. The van der Waals surface area contributed by atoms with Crippen molar-refractivity contribution in [3.8, 4) is 0 Å². The van der Waals surface area contributed by atoms with Crippen molar-refractivity contribution in [2.75, 3.05) is 26.2 Å². The van der Waals surface area contributed by atoms with Gasteiger partial charge in [0.25, 0.3) is 5.91 Å². The van der Waals surface area contributed by atoms with Gasteiger partial charge in [-0.1, -0.05) is 30.3 Å². The number of halogens is 1. The van der Waals surface area contributed by atoms with Crippen LogP contribution in [0.4, 0.5) is 0 Å². The lowest BCUT2D eigenvalue weighted by Crippen LogP contribution is -2.45. The van der Waals surface area contributed by atoms with E-state index in [-0.39, 0.29) is 24.1 Å². The Morgan fingerprint density at radius 2 is 2.04 bits per heavy atom. The van der Waals surface area contributed by atoms with Crippen molar-refractivity contribution in [2.24, 2.45) is 0 Å². The predicted octanol–water partition coefficient (Wildman–Crippen LogP) is 2.26. The monoisotopic (exact) mass is 406 g/mol. The minimum absolute atomic E-state index is 0. The average Bonchev–Trinajstić information content (AvgIpc) is 2.67. The van der Waals surface area contributed by atoms with Crippen LogP contribution in [0.1, 0.15) is 33.7 Å². The predicted molar refractivity (Wildman–Crippen MR) is 110 cm³/mol. The highest BCUT2D eigenvalue weighted by molar-refractivity contribution is 5.95. The molecule has 6 nitrogen and oxygen atoms in total. The molecule has 1 amide bonds. The van der Waals surface area contributed by atoms with E-state index in [4.69, 9.17) is 9.15 Å². The lowest BCUT2D eigenvalue weighted by molar-refractivity contribution is 0.0286. The van der Waals surface area contributed by atoms with Gasteiger partial charge in [0.1, 0.15) is 11.3 Å². The first-order valence-electron chi connectivity index (χ1n) is 9.41. The van der Waals surface area contributed by atoms with Crippen molar-refractivity contribution in [3.05, 3.63) is 69.3 Å². The summed E-state index contributed by atoms with van der Waals surface area (Å²) in [6.07, 6.45) is 2.38. The normalized spacial score (nSPS) is 16.2. The van der Waals surface area contributed by atoms with Crippen LogP contribution in [0.5, 0.6) is 0 Å². The molecule has 2 heterocycles. The topological polar surface area (TPSA) is 80.6 Å². The maximum absolute atomic E-state index is 12.4. The molecule has 1 unspecified atom stereocenters. The average molecular weight is 407 g/mol. The van der Waals surface area contributed by atoms with Gasteiger partial charge in [-0.25, -0.2) is 4.79 Å². The number of morpholine rings is 1. The highest BCUT2D eigenvalue weighted by Crippen LogP contribution is 2.11. The number of carbonyl (C=O) groups is 1. The van der Waals surface area contributed by atoms with Crippen LogP contribution in [0, 0.1) is 6.92 Å². The molecule has 1 fully saturated rings. The molecule has 2 N–H and O–H groups in total. The lowest BCUT2D eigenvalue weighted by Gasteiger charge is -2.23. The molecule has 0 aliphatic carbocycles. The fourth-order valence-electron chi connectivity index (χ4n) is 3.23. The number of rotatable bonds is 7. The van der Waals surface area contributed by atoms with Gasteiger partial charge >= 0.3 is 5.63 Å². The van der Waals surface area contributed by atoms with Gasteiger partial charge in [0, 0.05) is 26.1 Å². The molecule has 1 aliphatic heterocycles. The number of amides is 1. The first-order valence-corrected chi connectivity index (χ1v) is 9.41. The summed E-state index contributed by atoms with van der Waals surface area (Å²) in [5.41, 5.74) is 1.39. The first-order chi connectivity index (χ1) is 13.1. The van der Waals surface area contributed by atoms with E-state index in [1.165, 1.54) is 5.56 Å². The number of aryl methyl sites for hydroxylation is 3. The van der Waals surface area contributed by atoms with Gasteiger partial charge in [-0.3, -0.25) is 4.79 Å². The maximum Gasteiger partial charge on any atom is 0.349 e. The van der Waals surface area contributed by atoms with Gasteiger partial charge in [0.15, 0.2) is 0 Å². The van der Waals surface area contributed by atoms with E-state index in [0.717, 1.165) is 19.4 Å². The Balaban J connectivity index is 0.00000280. The molecule has 7 heteroatoms. The van der Waals surface area contributed by atoms with Crippen LogP contribution in [-0.4, -0.2) is 38.3 Å². The second-order valence-corrected chi connectivity index (χ2v) is 6.80. The summed E-state index contributed by atoms with van der Waals surface area (Å²) in [4.78, 5) is 24.7. The van der Waals surface area contributed by atoms with E-state index >= 15 is 0 Å². The highest BCUT2D eigenvalue weighted by Gasteiger charge is 2.19. The minimum Gasteiger partial charge on any atom is -0.427 e. The first kappa shape index (κ1) is 22.1. The third kappa shape index (κ3) is 6.19. The van der Waals surface area contributed by atoms with Gasteiger partial charge in [-0.05, 0) is 37.0 Å². The third-order valence-electron chi connectivity index (χ3n) is 4.65. The summed E-state index contributed by atoms with van der Waals surface area (Å²) in [7, 11) is 0. The number of ether oxygens (including phenoxy) is 1. The molecule has 0 saturated carbocycles. The van der Waals surface area contributed by atoms with Crippen LogP contribution in [0.2, 0.25) is 0 Å².